The van der Waals surface area contributed by atoms with Gasteiger partial charge in [0, 0.05) is 18.6 Å². The van der Waals surface area contributed by atoms with Crippen molar-refractivity contribution in [3.8, 4) is 5.69 Å². The van der Waals surface area contributed by atoms with Crippen molar-refractivity contribution < 1.29 is 13.2 Å². The number of hydrogen-bond donors (Lipinski definition) is 1. The van der Waals surface area contributed by atoms with Gasteiger partial charge in [0.15, 0.2) is 16.9 Å². The number of pyridine rings is 1. The van der Waals surface area contributed by atoms with Crippen molar-refractivity contribution in [2.75, 3.05) is 0 Å². The SMILES string of the molecule is Cn1cc2c(n1)c(=O)n(-c1cccc3[nH]ncc13)c1nc(C(F)(F)F)cnc21. The molecule has 0 saturated carbocycles. The molecule has 1 N–H and O–H groups in total. The molecule has 5 aromatic rings. The van der Waals surface area contributed by atoms with Gasteiger partial charge in [-0.2, -0.15) is 23.4 Å². The van der Waals surface area contributed by atoms with Crippen LogP contribution >= 0.6 is 0 Å². The van der Waals surface area contributed by atoms with Crippen molar-refractivity contribution in [3.05, 3.63) is 52.8 Å². The van der Waals surface area contributed by atoms with Gasteiger partial charge in [0.1, 0.15) is 5.52 Å². The first kappa shape index (κ1) is 16.4. The van der Waals surface area contributed by atoms with Gasteiger partial charge in [0.2, 0.25) is 0 Å². The van der Waals surface area contributed by atoms with Crippen molar-refractivity contribution in [3.63, 3.8) is 0 Å². The van der Waals surface area contributed by atoms with Gasteiger partial charge in [-0.25, -0.2) is 9.97 Å². The summed E-state index contributed by atoms with van der Waals surface area (Å²) in [7, 11) is 1.62. The molecule has 0 atom stereocenters. The third kappa shape index (κ3) is 2.22. The van der Waals surface area contributed by atoms with E-state index in [0.717, 1.165) is 4.57 Å². The number of H-pyrrole nitrogens is 1. The summed E-state index contributed by atoms with van der Waals surface area (Å²) in [6.45, 7) is 0. The first-order valence-electron chi connectivity index (χ1n) is 8.09. The molecule has 0 spiro atoms. The van der Waals surface area contributed by atoms with Gasteiger partial charge in [-0.05, 0) is 12.1 Å². The van der Waals surface area contributed by atoms with Crippen molar-refractivity contribution >= 4 is 33.0 Å². The number of nitrogens with one attached hydrogen (secondary N) is 1. The molecule has 28 heavy (non-hydrogen) atoms. The Labute approximate surface area is 153 Å². The monoisotopic (exact) mass is 385 g/mol. The molecule has 4 heterocycles. The topological polar surface area (TPSA) is 94.3 Å². The molecule has 0 aliphatic heterocycles. The molecule has 0 amide bonds. The molecule has 1 aromatic carbocycles. The largest absolute Gasteiger partial charge is 0.434 e. The molecule has 140 valence electrons. The fraction of sp³-hybridized carbons (Fsp3) is 0.118. The van der Waals surface area contributed by atoms with E-state index in [9.17, 15) is 18.0 Å². The highest BCUT2D eigenvalue weighted by atomic mass is 19.4. The van der Waals surface area contributed by atoms with E-state index in [1.54, 1.807) is 25.2 Å². The first-order chi connectivity index (χ1) is 13.3. The minimum Gasteiger partial charge on any atom is -0.278 e. The smallest absolute Gasteiger partial charge is 0.278 e. The molecule has 0 bridgehead atoms. The summed E-state index contributed by atoms with van der Waals surface area (Å²) in [5.41, 5.74) is -0.781. The highest BCUT2D eigenvalue weighted by molar-refractivity contribution is 6.01. The summed E-state index contributed by atoms with van der Waals surface area (Å²) in [5, 5.41) is 11.8. The Balaban J connectivity index is 2.02. The second-order valence-electron chi connectivity index (χ2n) is 6.24. The molecule has 0 fully saturated rings. The lowest BCUT2D eigenvalue weighted by Gasteiger charge is -2.12. The number of alkyl halides is 3. The Bertz CT molecular complexity index is 1440. The maximum absolute atomic E-state index is 13.3. The molecule has 0 aliphatic rings. The fourth-order valence-electron chi connectivity index (χ4n) is 3.25. The van der Waals surface area contributed by atoms with E-state index in [4.69, 9.17) is 0 Å². The molecule has 5 rings (SSSR count). The van der Waals surface area contributed by atoms with E-state index in [1.165, 1.54) is 17.1 Å². The third-order valence-electron chi connectivity index (χ3n) is 4.45. The fourth-order valence-corrected chi connectivity index (χ4v) is 3.25. The molecule has 0 aliphatic carbocycles. The van der Waals surface area contributed by atoms with E-state index in [-0.39, 0.29) is 16.7 Å². The molecule has 0 radical (unpaired) electrons. The zero-order valence-electron chi connectivity index (χ0n) is 14.2. The van der Waals surface area contributed by atoms with Crippen molar-refractivity contribution in [1.29, 1.82) is 0 Å². The summed E-state index contributed by atoms with van der Waals surface area (Å²) in [6, 6.07) is 5.01. The summed E-state index contributed by atoms with van der Waals surface area (Å²) in [4.78, 5) is 20.9. The molecule has 4 aromatic heterocycles. The number of benzene rings is 1. The number of hydrogen-bond acceptors (Lipinski definition) is 5. The second-order valence-corrected chi connectivity index (χ2v) is 6.24. The van der Waals surface area contributed by atoms with Gasteiger partial charge in [-0.3, -0.25) is 19.1 Å². The zero-order valence-corrected chi connectivity index (χ0v) is 14.2. The quantitative estimate of drug-likeness (QED) is 0.479. The van der Waals surface area contributed by atoms with Gasteiger partial charge in [0.05, 0.1) is 29.0 Å². The molecule has 0 unspecified atom stereocenters. The van der Waals surface area contributed by atoms with Crippen LogP contribution in [0.2, 0.25) is 0 Å². The van der Waals surface area contributed by atoms with Crippen LogP contribution in [-0.4, -0.2) is 34.5 Å². The van der Waals surface area contributed by atoms with Crippen molar-refractivity contribution in [1.82, 2.24) is 34.5 Å². The summed E-state index contributed by atoms with van der Waals surface area (Å²) >= 11 is 0. The lowest BCUT2D eigenvalue weighted by molar-refractivity contribution is -0.141. The molecule has 8 nitrogen and oxygen atoms in total. The number of aryl methyl sites for hydroxylation is 1. The number of fused-ring (bicyclic) bond motifs is 4. The van der Waals surface area contributed by atoms with Crippen LogP contribution in [0.5, 0.6) is 0 Å². The molecule has 11 heteroatoms. The third-order valence-corrected chi connectivity index (χ3v) is 4.45. The molecular weight excluding hydrogens is 375 g/mol. The summed E-state index contributed by atoms with van der Waals surface area (Å²) in [6.07, 6.45) is -1.02. The number of rotatable bonds is 1. The van der Waals surface area contributed by atoms with E-state index in [0.29, 0.717) is 28.2 Å². The summed E-state index contributed by atoms with van der Waals surface area (Å²) in [5.74, 6) is 0. The maximum Gasteiger partial charge on any atom is 0.434 e. The maximum atomic E-state index is 13.3. The Morgan fingerprint density at radius 3 is 2.71 bits per heavy atom. The number of halogens is 3. The lowest BCUT2D eigenvalue weighted by Crippen LogP contribution is -2.22. The zero-order chi connectivity index (χ0) is 19.6. The number of aromatic amines is 1. The van der Waals surface area contributed by atoms with Crippen LogP contribution in [-0.2, 0) is 13.2 Å². The van der Waals surface area contributed by atoms with Gasteiger partial charge in [-0.15, -0.1) is 0 Å². The van der Waals surface area contributed by atoms with Crippen LogP contribution in [0.15, 0.2) is 41.6 Å². The molecular formula is C17H10F3N7O. The minimum absolute atomic E-state index is 0.0876. The second kappa shape index (κ2) is 5.38. The Morgan fingerprint density at radius 2 is 1.93 bits per heavy atom. The van der Waals surface area contributed by atoms with Crippen molar-refractivity contribution in [2.24, 2.45) is 7.05 Å². The average molecular weight is 385 g/mol. The van der Waals surface area contributed by atoms with Gasteiger partial charge >= 0.3 is 6.18 Å². The number of nitrogens with zero attached hydrogens (tertiary/aromatic N) is 6. The normalized spacial score (nSPS) is 12.4. The average Bonchev–Trinajstić information content (AvgIpc) is 3.27. The van der Waals surface area contributed by atoms with E-state index >= 15 is 0 Å². The van der Waals surface area contributed by atoms with Gasteiger partial charge in [-0.1, -0.05) is 6.07 Å². The van der Waals surface area contributed by atoms with Crippen LogP contribution in [0.25, 0.3) is 38.7 Å². The predicted molar refractivity (Wildman–Crippen MR) is 94.1 cm³/mol. The summed E-state index contributed by atoms with van der Waals surface area (Å²) < 4.78 is 42.3. The van der Waals surface area contributed by atoms with E-state index in [1.807, 2.05) is 0 Å². The van der Waals surface area contributed by atoms with Crippen LogP contribution in [0, 0.1) is 0 Å². The standard InChI is InChI=1S/C17H10F3N7O/c1-26-7-9-13-15(23-12(6-21-13)17(18,19)20)27(16(28)14(9)25-26)11-4-2-3-10-8(11)5-22-24-10/h2-7H,1H3,(H,22,24). The van der Waals surface area contributed by atoms with E-state index in [2.05, 4.69) is 25.3 Å². The Morgan fingerprint density at radius 1 is 1.11 bits per heavy atom. The predicted octanol–water partition coefficient (Wildman–Crippen LogP) is 2.56. The first-order valence-corrected chi connectivity index (χ1v) is 8.09. The Hall–Kier alpha value is -3.76. The van der Waals surface area contributed by atoms with Crippen LogP contribution in [0.3, 0.4) is 0 Å². The highest BCUT2D eigenvalue weighted by Gasteiger charge is 2.34. The van der Waals surface area contributed by atoms with Crippen LogP contribution in [0.4, 0.5) is 13.2 Å². The highest BCUT2D eigenvalue weighted by Crippen LogP contribution is 2.30. The lowest BCUT2D eigenvalue weighted by atomic mass is 10.2. The molecule has 0 saturated heterocycles. The minimum atomic E-state index is -4.70. The Kier molecular flexibility index (Phi) is 3.15. The van der Waals surface area contributed by atoms with Gasteiger partial charge in [0.25, 0.3) is 5.56 Å². The van der Waals surface area contributed by atoms with E-state index < -0.39 is 17.4 Å². The van der Waals surface area contributed by atoms with Gasteiger partial charge < -0.3 is 0 Å². The van der Waals surface area contributed by atoms with Crippen LogP contribution in [0.1, 0.15) is 5.69 Å². The van der Waals surface area contributed by atoms with Crippen LogP contribution < -0.4 is 5.56 Å². The number of aromatic nitrogens is 7. The van der Waals surface area contributed by atoms with Crippen molar-refractivity contribution in [2.45, 2.75) is 6.18 Å².